The van der Waals surface area contributed by atoms with Crippen molar-refractivity contribution < 1.29 is 18.0 Å². The van der Waals surface area contributed by atoms with Gasteiger partial charge >= 0.3 is 6.18 Å². The van der Waals surface area contributed by atoms with Gasteiger partial charge in [0.05, 0.1) is 11.6 Å². The summed E-state index contributed by atoms with van der Waals surface area (Å²) < 4.78 is 40.9. The molecular formula is C21H20Cl2F3N5O. The molecule has 32 heavy (non-hydrogen) atoms. The van der Waals surface area contributed by atoms with Crippen molar-refractivity contribution in [2.24, 2.45) is 0 Å². The Hall–Kier alpha value is -2.36. The van der Waals surface area contributed by atoms with Crippen LogP contribution < -0.4 is 5.32 Å². The van der Waals surface area contributed by atoms with Crippen molar-refractivity contribution in [3.8, 4) is 0 Å². The fourth-order valence-electron chi connectivity index (χ4n) is 3.96. The Morgan fingerprint density at radius 3 is 2.59 bits per heavy atom. The van der Waals surface area contributed by atoms with E-state index in [4.69, 9.17) is 23.2 Å². The molecule has 1 aliphatic heterocycles. The fraction of sp³-hybridized carbons (Fsp3) is 0.381. The number of alkyl halides is 3. The summed E-state index contributed by atoms with van der Waals surface area (Å²) in [4.78, 5) is 14.8. The topological polar surface area (TPSA) is 62.5 Å². The second kappa shape index (κ2) is 8.88. The van der Waals surface area contributed by atoms with Crippen molar-refractivity contribution in [3.05, 3.63) is 58.0 Å². The van der Waals surface area contributed by atoms with Gasteiger partial charge in [-0.05, 0) is 56.6 Å². The van der Waals surface area contributed by atoms with Gasteiger partial charge in [-0.3, -0.25) is 14.1 Å². The number of nitrogens with one attached hydrogen (secondary N) is 1. The third kappa shape index (κ3) is 4.84. The molecule has 2 unspecified atom stereocenters. The first-order valence-electron chi connectivity index (χ1n) is 10.0. The third-order valence-electron chi connectivity index (χ3n) is 5.63. The van der Waals surface area contributed by atoms with Crippen LogP contribution in [0.5, 0.6) is 0 Å². The molecule has 2 atom stereocenters. The van der Waals surface area contributed by atoms with Gasteiger partial charge in [0, 0.05) is 34.4 Å². The highest BCUT2D eigenvalue weighted by molar-refractivity contribution is 6.35. The Kier molecular flexibility index (Phi) is 6.33. The lowest BCUT2D eigenvalue weighted by Crippen LogP contribution is -2.46. The first-order chi connectivity index (χ1) is 15.1. The van der Waals surface area contributed by atoms with E-state index in [1.54, 1.807) is 25.1 Å². The SMILES string of the molecule is CC(C(=O)Nc1cc(Cl)cc(Cl)c1)N1CCCC(c2nnc3ccc(C(F)(F)F)cn23)C1. The van der Waals surface area contributed by atoms with E-state index in [0.29, 0.717) is 40.3 Å². The van der Waals surface area contributed by atoms with Gasteiger partial charge in [0.2, 0.25) is 5.91 Å². The lowest BCUT2D eigenvalue weighted by molar-refractivity contribution is -0.137. The molecule has 3 heterocycles. The molecule has 2 aromatic heterocycles. The second-order valence-corrected chi connectivity index (χ2v) is 8.73. The van der Waals surface area contributed by atoms with Crippen LogP contribution in [0, 0.1) is 0 Å². The van der Waals surface area contributed by atoms with Crippen LogP contribution in [-0.4, -0.2) is 44.5 Å². The molecule has 1 N–H and O–H groups in total. The predicted molar refractivity (Wildman–Crippen MR) is 116 cm³/mol. The van der Waals surface area contributed by atoms with Gasteiger partial charge < -0.3 is 5.32 Å². The Labute approximate surface area is 192 Å². The number of piperidine rings is 1. The van der Waals surface area contributed by atoms with Gasteiger partial charge in [0.1, 0.15) is 5.82 Å². The zero-order valence-electron chi connectivity index (χ0n) is 17.0. The van der Waals surface area contributed by atoms with Crippen molar-refractivity contribution >= 4 is 40.4 Å². The maximum atomic E-state index is 13.2. The van der Waals surface area contributed by atoms with Crippen LogP contribution in [0.3, 0.4) is 0 Å². The number of nitrogens with zero attached hydrogens (tertiary/aromatic N) is 4. The molecule has 0 aliphatic carbocycles. The third-order valence-corrected chi connectivity index (χ3v) is 6.07. The van der Waals surface area contributed by atoms with Gasteiger partial charge in [0.25, 0.3) is 0 Å². The highest BCUT2D eigenvalue weighted by atomic mass is 35.5. The lowest BCUT2D eigenvalue weighted by Gasteiger charge is -2.35. The monoisotopic (exact) mass is 485 g/mol. The van der Waals surface area contributed by atoms with Gasteiger partial charge in [-0.15, -0.1) is 10.2 Å². The molecule has 4 rings (SSSR count). The Bertz CT molecular complexity index is 1130. The van der Waals surface area contributed by atoms with E-state index >= 15 is 0 Å². The number of carbonyl (C=O) groups excluding carboxylic acids is 1. The van der Waals surface area contributed by atoms with E-state index in [-0.39, 0.29) is 11.8 Å². The molecule has 170 valence electrons. The van der Waals surface area contributed by atoms with E-state index in [1.165, 1.54) is 10.5 Å². The molecule has 3 aromatic rings. The number of carbonyl (C=O) groups is 1. The van der Waals surface area contributed by atoms with Crippen molar-refractivity contribution in [2.75, 3.05) is 18.4 Å². The van der Waals surface area contributed by atoms with Gasteiger partial charge in [0.15, 0.2) is 5.65 Å². The van der Waals surface area contributed by atoms with Crippen LogP contribution in [0.1, 0.15) is 37.1 Å². The first-order valence-corrected chi connectivity index (χ1v) is 10.8. The molecule has 1 amide bonds. The number of hydrogen-bond donors (Lipinski definition) is 1. The number of aromatic nitrogens is 3. The minimum absolute atomic E-state index is 0.155. The van der Waals surface area contributed by atoms with E-state index in [2.05, 4.69) is 15.5 Å². The Balaban J connectivity index is 1.51. The maximum absolute atomic E-state index is 13.2. The second-order valence-electron chi connectivity index (χ2n) is 7.86. The molecule has 0 bridgehead atoms. The number of likely N-dealkylation sites (tertiary alicyclic amines) is 1. The summed E-state index contributed by atoms with van der Waals surface area (Å²) in [5, 5.41) is 11.8. The number of pyridine rings is 1. The molecule has 1 fully saturated rings. The molecular weight excluding hydrogens is 466 g/mol. The van der Waals surface area contributed by atoms with E-state index in [9.17, 15) is 18.0 Å². The number of anilines is 1. The maximum Gasteiger partial charge on any atom is 0.417 e. The number of halogens is 5. The van der Waals surface area contributed by atoms with E-state index < -0.39 is 17.8 Å². The Morgan fingerprint density at radius 2 is 1.91 bits per heavy atom. The van der Waals surface area contributed by atoms with Crippen LogP contribution in [0.25, 0.3) is 5.65 Å². The summed E-state index contributed by atoms with van der Waals surface area (Å²) in [5.41, 5.74) is 0.0939. The molecule has 0 saturated carbocycles. The highest BCUT2D eigenvalue weighted by Gasteiger charge is 2.33. The van der Waals surface area contributed by atoms with E-state index in [1.807, 2.05) is 4.90 Å². The number of benzene rings is 1. The number of hydrogen-bond acceptors (Lipinski definition) is 4. The minimum atomic E-state index is -4.45. The Morgan fingerprint density at radius 1 is 1.19 bits per heavy atom. The van der Waals surface area contributed by atoms with Gasteiger partial charge in [-0.2, -0.15) is 13.2 Å². The van der Waals surface area contributed by atoms with Crippen LogP contribution in [0.15, 0.2) is 36.5 Å². The van der Waals surface area contributed by atoms with Crippen molar-refractivity contribution in [1.29, 1.82) is 0 Å². The van der Waals surface area contributed by atoms with Crippen LogP contribution in [0.2, 0.25) is 10.0 Å². The quantitative estimate of drug-likeness (QED) is 0.547. The van der Waals surface area contributed by atoms with Crippen molar-refractivity contribution in [2.45, 2.75) is 37.9 Å². The average molecular weight is 486 g/mol. The van der Waals surface area contributed by atoms with Gasteiger partial charge in [-0.1, -0.05) is 23.2 Å². The van der Waals surface area contributed by atoms with Crippen LogP contribution in [0.4, 0.5) is 18.9 Å². The molecule has 1 saturated heterocycles. The smallest absolute Gasteiger partial charge is 0.325 e. The van der Waals surface area contributed by atoms with E-state index in [0.717, 1.165) is 25.1 Å². The summed E-state index contributed by atoms with van der Waals surface area (Å²) >= 11 is 12.0. The first kappa shape index (κ1) is 22.8. The summed E-state index contributed by atoms with van der Waals surface area (Å²) in [7, 11) is 0. The molecule has 6 nitrogen and oxygen atoms in total. The highest BCUT2D eigenvalue weighted by Crippen LogP contribution is 2.32. The molecule has 0 radical (unpaired) electrons. The van der Waals surface area contributed by atoms with Crippen molar-refractivity contribution in [3.63, 3.8) is 0 Å². The van der Waals surface area contributed by atoms with Crippen LogP contribution >= 0.6 is 23.2 Å². The largest absolute Gasteiger partial charge is 0.417 e. The molecule has 1 aromatic carbocycles. The summed E-state index contributed by atoms with van der Waals surface area (Å²) in [6, 6.07) is 6.63. The van der Waals surface area contributed by atoms with Crippen LogP contribution in [-0.2, 0) is 11.0 Å². The zero-order valence-corrected chi connectivity index (χ0v) is 18.5. The molecule has 1 aliphatic rings. The standard InChI is InChI=1S/C21H20Cl2F3N5O/c1-12(20(32)27-17-8-15(22)7-16(23)9-17)30-6-2-3-13(10-30)19-29-28-18-5-4-14(11-31(18)19)21(24,25)26/h4-5,7-9,11-13H,2-3,6,10H2,1H3,(H,27,32). The fourth-order valence-corrected chi connectivity index (χ4v) is 4.49. The predicted octanol–water partition coefficient (Wildman–Crippen LogP) is 5.26. The minimum Gasteiger partial charge on any atom is -0.325 e. The summed E-state index contributed by atoms with van der Waals surface area (Å²) in [6.07, 6.45) is -1.91. The number of amides is 1. The summed E-state index contributed by atoms with van der Waals surface area (Å²) in [6.45, 7) is 2.95. The summed E-state index contributed by atoms with van der Waals surface area (Å²) in [5.74, 6) is 0.0811. The molecule has 0 spiro atoms. The number of fused-ring (bicyclic) bond motifs is 1. The molecule has 11 heteroatoms. The van der Waals surface area contributed by atoms with Crippen molar-refractivity contribution in [1.82, 2.24) is 19.5 Å². The zero-order chi connectivity index (χ0) is 23.0. The van der Waals surface area contributed by atoms with Gasteiger partial charge in [-0.25, -0.2) is 0 Å². The average Bonchev–Trinajstić information content (AvgIpc) is 3.15. The normalized spacial score (nSPS) is 18.6. The number of rotatable bonds is 4. The lowest BCUT2D eigenvalue weighted by atomic mass is 9.96.